The molecule has 28 heavy (non-hydrogen) atoms. The van der Waals surface area contributed by atoms with E-state index in [9.17, 15) is 21.2 Å². The zero-order valence-electron chi connectivity index (χ0n) is 15.6. The monoisotopic (exact) mass is 426 g/mol. The van der Waals surface area contributed by atoms with Crippen LogP contribution in [0.15, 0.2) is 42.5 Å². The first-order valence-electron chi connectivity index (χ1n) is 9.03. The fourth-order valence-corrected chi connectivity index (χ4v) is 5.94. The van der Waals surface area contributed by atoms with Crippen molar-refractivity contribution in [2.45, 2.75) is 32.1 Å². The van der Waals surface area contributed by atoms with Crippen LogP contribution in [0.2, 0.25) is 0 Å². The summed E-state index contributed by atoms with van der Waals surface area (Å²) in [4.78, 5) is 0. The number of sulfonamides is 2. The van der Waals surface area contributed by atoms with Gasteiger partial charge in [0, 0.05) is 18.8 Å². The summed E-state index contributed by atoms with van der Waals surface area (Å²) in [6.45, 7) is 2.48. The molecule has 3 rings (SSSR count). The number of anilines is 1. The van der Waals surface area contributed by atoms with E-state index in [1.54, 1.807) is 18.2 Å². The standard InChI is InChI=1S/C19H23FN2O4S2/c1-2-10-28(25,26)22-9-8-16-6-7-19(12-17(16)13-22)21-27(23,24)14-15-4-3-5-18(20)11-15/h3-7,11-12,21H,2,8-10,13-14H2,1H3. The van der Waals surface area contributed by atoms with Crippen LogP contribution in [0.1, 0.15) is 30.0 Å². The van der Waals surface area contributed by atoms with Gasteiger partial charge in [-0.25, -0.2) is 21.2 Å². The SMILES string of the molecule is CCCS(=O)(=O)N1CCc2ccc(NS(=O)(=O)Cc3cccc(F)c3)cc2C1. The van der Waals surface area contributed by atoms with E-state index in [4.69, 9.17) is 0 Å². The molecule has 9 heteroatoms. The summed E-state index contributed by atoms with van der Waals surface area (Å²) in [5.74, 6) is -0.740. The molecule has 1 aliphatic heterocycles. The van der Waals surface area contributed by atoms with Crippen molar-refractivity contribution in [2.75, 3.05) is 17.0 Å². The lowest BCUT2D eigenvalue weighted by atomic mass is 10.0. The van der Waals surface area contributed by atoms with Crippen LogP contribution in [0.3, 0.4) is 0 Å². The summed E-state index contributed by atoms with van der Waals surface area (Å²) in [6, 6.07) is 10.6. The van der Waals surface area contributed by atoms with Gasteiger partial charge in [-0.3, -0.25) is 4.72 Å². The Morgan fingerprint density at radius 3 is 2.57 bits per heavy atom. The lowest BCUT2D eigenvalue weighted by molar-refractivity contribution is 0.391. The number of fused-ring (bicyclic) bond motifs is 1. The van der Waals surface area contributed by atoms with Crippen molar-refractivity contribution in [3.05, 3.63) is 65.0 Å². The zero-order chi connectivity index (χ0) is 20.4. The van der Waals surface area contributed by atoms with Crippen LogP contribution in [0.25, 0.3) is 0 Å². The highest BCUT2D eigenvalue weighted by molar-refractivity contribution is 7.91. The molecule has 0 fully saturated rings. The molecule has 0 radical (unpaired) electrons. The minimum Gasteiger partial charge on any atom is -0.283 e. The third kappa shape index (κ3) is 5.09. The maximum Gasteiger partial charge on any atom is 0.236 e. The van der Waals surface area contributed by atoms with Crippen molar-refractivity contribution in [3.63, 3.8) is 0 Å². The molecule has 0 saturated carbocycles. The zero-order valence-corrected chi connectivity index (χ0v) is 17.2. The van der Waals surface area contributed by atoms with Crippen LogP contribution < -0.4 is 4.72 Å². The van der Waals surface area contributed by atoms with Crippen molar-refractivity contribution in [3.8, 4) is 0 Å². The summed E-state index contributed by atoms with van der Waals surface area (Å²) in [5.41, 5.74) is 2.51. The molecule has 0 amide bonds. The first-order chi connectivity index (χ1) is 13.2. The Hall–Kier alpha value is -1.97. The van der Waals surface area contributed by atoms with Gasteiger partial charge in [0.15, 0.2) is 0 Å². The van der Waals surface area contributed by atoms with Gasteiger partial charge in [0.2, 0.25) is 20.0 Å². The number of halogens is 1. The minimum absolute atomic E-state index is 0.0995. The van der Waals surface area contributed by atoms with Crippen molar-refractivity contribution < 1.29 is 21.2 Å². The number of hydrogen-bond donors (Lipinski definition) is 1. The molecule has 0 aliphatic carbocycles. The van der Waals surface area contributed by atoms with E-state index in [0.29, 0.717) is 30.6 Å². The third-order valence-electron chi connectivity index (χ3n) is 4.56. The summed E-state index contributed by atoms with van der Waals surface area (Å²) in [7, 11) is -7.04. The van der Waals surface area contributed by atoms with Gasteiger partial charge in [-0.15, -0.1) is 0 Å². The maximum absolute atomic E-state index is 13.3. The molecule has 0 atom stereocenters. The summed E-state index contributed by atoms with van der Waals surface area (Å²) < 4.78 is 66.7. The molecular weight excluding hydrogens is 403 g/mol. The van der Waals surface area contributed by atoms with Crippen LogP contribution in [0.5, 0.6) is 0 Å². The Morgan fingerprint density at radius 2 is 1.86 bits per heavy atom. The predicted octanol–water partition coefficient (Wildman–Crippen LogP) is 2.87. The van der Waals surface area contributed by atoms with Gasteiger partial charge in [0.25, 0.3) is 0 Å². The first kappa shape index (κ1) is 20.8. The van der Waals surface area contributed by atoms with E-state index in [1.807, 2.05) is 13.0 Å². The molecule has 2 aromatic carbocycles. The van der Waals surface area contributed by atoms with E-state index in [1.165, 1.54) is 22.5 Å². The fourth-order valence-electron chi connectivity index (χ4n) is 3.28. The van der Waals surface area contributed by atoms with Crippen LogP contribution in [-0.4, -0.2) is 33.4 Å². The van der Waals surface area contributed by atoms with E-state index in [-0.39, 0.29) is 18.1 Å². The summed E-state index contributed by atoms with van der Waals surface area (Å²) >= 11 is 0. The average Bonchev–Trinajstić information content (AvgIpc) is 2.60. The average molecular weight is 427 g/mol. The molecule has 0 saturated heterocycles. The van der Waals surface area contributed by atoms with Gasteiger partial charge in [-0.05, 0) is 53.8 Å². The predicted molar refractivity (Wildman–Crippen MR) is 107 cm³/mol. The first-order valence-corrected chi connectivity index (χ1v) is 12.3. The lowest BCUT2D eigenvalue weighted by Gasteiger charge is -2.28. The molecule has 2 aromatic rings. The second kappa shape index (κ2) is 8.18. The van der Waals surface area contributed by atoms with Crippen LogP contribution in [0.4, 0.5) is 10.1 Å². The Labute approximate surface area is 165 Å². The second-order valence-electron chi connectivity index (χ2n) is 6.87. The van der Waals surface area contributed by atoms with Gasteiger partial charge >= 0.3 is 0 Å². The topological polar surface area (TPSA) is 83.6 Å². The molecular formula is C19H23FN2O4S2. The van der Waals surface area contributed by atoms with E-state index >= 15 is 0 Å². The lowest BCUT2D eigenvalue weighted by Crippen LogP contribution is -2.37. The van der Waals surface area contributed by atoms with Crippen LogP contribution in [-0.2, 0) is 38.8 Å². The Morgan fingerprint density at radius 1 is 1.07 bits per heavy atom. The minimum atomic E-state index is -3.73. The largest absolute Gasteiger partial charge is 0.283 e. The van der Waals surface area contributed by atoms with Crippen LogP contribution >= 0.6 is 0 Å². The normalized spacial score (nSPS) is 15.2. The molecule has 0 aromatic heterocycles. The molecule has 1 heterocycles. The van der Waals surface area contributed by atoms with Crippen molar-refractivity contribution in [1.29, 1.82) is 0 Å². The molecule has 1 aliphatic rings. The molecule has 6 nitrogen and oxygen atoms in total. The molecule has 0 unspecified atom stereocenters. The van der Waals surface area contributed by atoms with E-state index < -0.39 is 25.9 Å². The Bertz CT molecular complexity index is 1070. The van der Waals surface area contributed by atoms with Gasteiger partial charge < -0.3 is 0 Å². The number of nitrogens with zero attached hydrogens (tertiary/aromatic N) is 1. The number of nitrogens with one attached hydrogen (secondary N) is 1. The highest BCUT2D eigenvalue weighted by Gasteiger charge is 2.26. The van der Waals surface area contributed by atoms with Gasteiger partial charge in [0.05, 0.1) is 11.5 Å². The second-order valence-corrected chi connectivity index (χ2v) is 10.7. The molecule has 152 valence electrons. The smallest absolute Gasteiger partial charge is 0.236 e. The molecule has 1 N–H and O–H groups in total. The number of rotatable bonds is 7. The van der Waals surface area contributed by atoms with Gasteiger partial charge in [0.1, 0.15) is 5.82 Å². The molecule has 0 spiro atoms. The quantitative estimate of drug-likeness (QED) is 0.738. The van der Waals surface area contributed by atoms with E-state index in [2.05, 4.69) is 4.72 Å². The summed E-state index contributed by atoms with van der Waals surface area (Å²) in [6.07, 6.45) is 1.14. The summed E-state index contributed by atoms with van der Waals surface area (Å²) in [5, 5.41) is 0. The molecule has 0 bridgehead atoms. The van der Waals surface area contributed by atoms with Crippen molar-refractivity contribution in [2.24, 2.45) is 0 Å². The highest BCUT2D eigenvalue weighted by Crippen LogP contribution is 2.25. The van der Waals surface area contributed by atoms with Crippen LogP contribution in [0, 0.1) is 5.82 Å². The van der Waals surface area contributed by atoms with Gasteiger partial charge in [-0.2, -0.15) is 4.31 Å². The third-order valence-corrected chi connectivity index (χ3v) is 7.84. The van der Waals surface area contributed by atoms with Crippen molar-refractivity contribution >= 4 is 25.7 Å². The highest BCUT2D eigenvalue weighted by atomic mass is 32.2. The van der Waals surface area contributed by atoms with E-state index in [0.717, 1.165) is 11.1 Å². The number of benzene rings is 2. The Balaban J connectivity index is 1.76. The van der Waals surface area contributed by atoms with Gasteiger partial charge in [-0.1, -0.05) is 25.1 Å². The number of hydrogen-bond acceptors (Lipinski definition) is 4. The maximum atomic E-state index is 13.3. The van der Waals surface area contributed by atoms with Crippen molar-refractivity contribution in [1.82, 2.24) is 4.31 Å². The Kier molecular flexibility index (Phi) is 6.07. The fraction of sp³-hybridized carbons (Fsp3) is 0.368.